The molecule has 0 bridgehead atoms. The molecule has 0 saturated carbocycles. The van der Waals surface area contributed by atoms with Crippen LogP contribution in [0.1, 0.15) is 18.1 Å². The van der Waals surface area contributed by atoms with Gasteiger partial charge in [0.1, 0.15) is 10.9 Å². The maximum Gasteiger partial charge on any atom is 0.269 e. The lowest BCUT2D eigenvalue weighted by Crippen LogP contribution is -2.27. The van der Waals surface area contributed by atoms with E-state index in [1.54, 1.807) is 35.2 Å². The van der Waals surface area contributed by atoms with Crippen molar-refractivity contribution in [3.63, 3.8) is 0 Å². The van der Waals surface area contributed by atoms with Gasteiger partial charge in [0, 0.05) is 23.2 Å². The number of likely N-dealkylation sites (N-methyl/N-ethyl adjacent to an activating group) is 1. The molecule has 1 fully saturated rings. The number of halogens is 1. The molecule has 0 atom stereocenters. The maximum absolute atomic E-state index is 12.4. The zero-order chi connectivity index (χ0) is 21.8. The molecule has 2 aromatic carbocycles. The molecule has 0 aliphatic carbocycles. The molecule has 7 nitrogen and oxygen atoms in total. The number of ether oxygens (including phenoxy) is 2. The Balaban J connectivity index is 1.80. The van der Waals surface area contributed by atoms with E-state index in [-0.39, 0.29) is 18.2 Å². The second-order valence-electron chi connectivity index (χ2n) is 6.16. The lowest BCUT2D eigenvalue weighted by atomic mass is 10.1. The molecule has 0 aromatic heterocycles. The highest BCUT2D eigenvalue weighted by atomic mass is 79.9. The summed E-state index contributed by atoms with van der Waals surface area (Å²) in [6.45, 7) is 2.63. The van der Waals surface area contributed by atoms with E-state index in [0.29, 0.717) is 27.3 Å². The summed E-state index contributed by atoms with van der Waals surface area (Å²) >= 11 is 10.0. The van der Waals surface area contributed by atoms with E-state index >= 15 is 0 Å². The summed E-state index contributed by atoms with van der Waals surface area (Å²) in [7, 11) is 1.53. The zero-order valence-electron chi connectivity index (χ0n) is 16.1. The second-order valence-corrected chi connectivity index (χ2v) is 8.69. The molecule has 0 unspecified atom stereocenters. The van der Waals surface area contributed by atoms with E-state index in [9.17, 15) is 14.9 Å². The van der Waals surface area contributed by atoms with Crippen LogP contribution in [0.15, 0.2) is 45.8 Å². The Morgan fingerprint density at radius 3 is 2.53 bits per heavy atom. The molecule has 0 radical (unpaired) electrons. The number of nitrogens with zero attached hydrogens (tertiary/aromatic N) is 2. The molecular formula is C20H17BrN2O5S2. The molecule has 30 heavy (non-hydrogen) atoms. The first-order valence-corrected chi connectivity index (χ1v) is 10.8. The smallest absolute Gasteiger partial charge is 0.269 e. The zero-order valence-corrected chi connectivity index (χ0v) is 19.3. The highest BCUT2D eigenvalue weighted by molar-refractivity contribution is 9.10. The molecule has 1 saturated heterocycles. The number of nitro groups is 1. The molecule has 2 aromatic rings. The van der Waals surface area contributed by atoms with Crippen molar-refractivity contribution in [2.45, 2.75) is 13.5 Å². The lowest BCUT2D eigenvalue weighted by Gasteiger charge is -2.13. The average molecular weight is 509 g/mol. The second kappa shape index (κ2) is 9.59. The van der Waals surface area contributed by atoms with Crippen LogP contribution in [-0.4, -0.2) is 33.7 Å². The van der Waals surface area contributed by atoms with Crippen LogP contribution in [-0.2, 0) is 11.4 Å². The topological polar surface area (TPSA) is 81.9 Å². The van der Waals surface area contributed by atoms with Crippen molar-refractivity contribution in [3.05, 3.63) is 67.0 Å². The van der Waals surface area contributed by atoms with Gasteiger partial charge >= 0.3 is 0 Å². The molecule has 3 rings (SSSR count). The van der Waals surface area contributed by atoms with Crippen molar-refractivity contribution in [3.8, 4) is 11.5 Å². The Bertz CT molecular complexity index is 1040. The van der Waals surface area contributed by atoms with Crippen LogP contribution < -0.4 is 9.47 Å². The summed E-state index contributed by atoms with van der Waals surface area (Å²) in [5.74, 6) is 0.884. The third-order valence-corrected chi connectivity index (χ3v) is 6.37. The minimum atomic E-state index is -0.447. The number of thiocarbonyl (C=S) groups is 1. The summed E-state index contributed by atoms with van der Waals surface area (Å²) in [5.41, 5.74) is 1.56. The number of amides is 1. The predicted molar refractivity (Wildman–Crippen MR) is 124 cm³/mol. The average Bonchev–Trinajstić information content (AvgIpc) is 3.00. The molecule has 0 N–H and O–H groups in total. The largest absolute Gasteiger partial charge is 0.493 e. The summed E-state index contributed by atoms with van der Waals surface area (Å²) in [6, 6.07) is 9.68. The first kappa shape index (κ1) is 22.3. The monoisotopic (exact) mass is 508 g/mol. The van der Waals surface area contributed by atoms with Crippen molar-refractivity contribution in [2.24, 2.45) is 0 Å². The van der Waals surface area contributed by atoms with Crippen molar-refractivity contribution >= 4 is 61.9 Å². The fourth-order valence-electron chi connectivity index (χ4n) is 2.72. The number of rotatable bonds is 7. The fourth-order valence-corrected chi connectivity index (χ4v) is 4.53. The van der Waals surface area contributed by atoms with Gasteiger partial charge in [0.2, 0.25) is 0 Å². The third-order valence-electron chi connectivity index (χ3n) is 4.30. The Morgan fingerprint density at radius 2 is 1.97 bits per heavy atom. The highest BCUT2D eigenvalue weighted by Gasteiger charge is 2.30. The van der Waals surface area contributed by atoms with Gasteiger partial charge in [-0.05, 0) is 48.4 Å². The predicted octanol–water partition coefficient (Wildman–Crippen LogP) is 5.17. The number of benzene rings is 2. The standard InChI is InChI=1S/C20H17BrN2O5S2/c1-3-22-19(24)18(30-20(22)29)9-13-8-16(27-2)17(10-15(13)21)28-11-12-4-6-14(7-5-12)23(25)26/h4-10H,3,11H2,1-2H3/b18-9-. The van der Waals surface area contributed by atoms with Crippen molar-refractivity contribution < 1.29 is 19.2 Å². The van der Waals surface area contributed by atoms with Crippen LogP contribution in [0.2, 0.25) is 0 Å². The summed E-state index contributed by atoms with van der Waals surface area (Å²) < 4.78 is 12.6. The van der Waals surface area contributed by atoms with Gasteiger partial charge in [-0.25, -0.2) is 0 Å². The lowest BCUT2D eigenvalue weighted by molar-refractivity contribution is -0.384. The molecule has 1 amide bonds. The first-order valence-electron chi connectivity index (χ1n) is 8.83. The molecule has 156 valence electrons. The van der Waals surface area contributed by atoms with Gasteiger partial charge in [0.15, 0.2) is 11.5 Å². The molecule has 0 spiro atoms. The number of non-ortho nitro benzene ring substituents is 1. The Labute approximate surface area is 191 Å². The molecule has 10 heteroatoms. The van der Waals surface area contributed by atoms with Crippen LogP contribution in [0.25, 0.3) is 6.08 Å². The van der Waals surface area contributed by atoms with Crippen molar-refractivity contribution in [1.82, 2.24) is 4.90 Å². The van der Waals surface area contributed by atoms with Gasteiger partial charge in [-0.3, -0.25) is 19.8 Å². The molecule has 1 heterocycles. The van der Waals surface area contributed by atoms with Crippen LogP contribution in [0, 0.1) is 10.1 Å². The third kappa shape index (κ3) is 4.82. The molecular weight excluding hydrogens is 492 g/mol. The van der Waals surface area contributed by atoms with Crippen LogP contribution in [0.4, 0.5) is 5.69 Å². The van der Waals surface area contributed by atoms with E-state index in [1.165, 1.54) is 31.0 Å². The van der Waals surface area contributed by atoms with E-state index < -0.39 is 4.92 Å². The minimum Gasteiger partial charge on any atom is -0.493 e. The van der Waals surface area contributed by atoms with Crippen molar-refractivity contribution in [2.75, 3.05) is 13.7 Å². The first-order chi connectivity index (χ1) is 14.3. The number of nitro benzene ring substituents is 1. The van der Waals surface area contributed by atoms with Gasteiger partial charge in [0.05, 0.1) is 16.9 Å². The summed E-state index contributed by atoms with van der Waals surface area (Å²) in [6.07, 6.45) is 1.77. The van der Waals surface area contributed by atoms with E-state index in [4.69, 9.17) is 21.7 Å². The Morgan fingerprint density at radius 1 is 1.27 bits per heavy atom. The van der Waals surface area contributed by atoms with Crippen LogP contribution in [0.3, 0.4) is 0 Å². The molecule has 1 aliphatic heterocycles. The highest BCUT2D eigenvalue weighted by Crippen LogP contribution is 2.38. The molecule has 1 aliphatic rings. The summed E-state index contributed by atoms with van der Waals surface area (Å²) in [5, 5.41) is 10.8. The fraction of sp³-hybridized carbons (Fsp3) is 0.200. The summed E-state index contributed by atoms with van der Waals surface area (Å²) in [4.78, 5) is 24.9. The Hall–Kier alpha value is -2.43. The van der Waals surface area contributed by atoms with Crippen LogP contribution in [0.5, 0.6) is 11.5 Å². The van der Waals surface area contributed by atoms with Gasteiger partial charge in [0.25, 0.3) is 11.6 Å². The van der Waals surface area contributed by atoms with Gasteiger partial charge in [-0.1, -0.05) is 39.9 Å². The quantitative estimate of drug-likeness (QED) is 0.221. The van der Waals surface area contributed by atoms with E-state index in [2.05, 4.69) is 15.9 Å². The SMILES string of the molecule is CCN1C(=O)/C(=C/c2cc(OC)c(OCc3ccc([N+](=O)[O-])cc3)cc2Br)SC1=S. The van der Waals surface area contributed by atoms with E-state index in [0.717, 1.165) is 15.6 Å². The number of hydrogen-bond donors (Lipinski definition) is 0. The van der Waals surface area contributed by atoms with Crippen molar-refractivity contribution in [1.29, 1.82) is 0 Å². The normalized spacial score (nSPS) is 15.0. The Kier molecular flexibility index (Phi) is 7.11. The van der Waals surface area contributed by atoms with Crippen LogP contribution >= 0.6 is 39.9 Å². The minimum absolute atomic E-state index is 0.0249. The maximum atomic E-state index is 12.4. The number of carbonyl (C=O) groups is 1. The number of carbonyl (C=O) groups excluding carboxylic acids is 1. The number of thioether (sulfide) groups is 1. The van der Waals surface area contributed by atoms with Gasteiger partial charge in [-0.2, -0.15) is 0 Å². The van der Waals surface area contributed by atoms with Gasteiger partial charge < -0.3 is 9.47 Å². The van der Waals surface area contributed by atoms with Gasteiger partial charge in [-0.15, -0.1) is 0 Å². The van der Waals surface area contributed by atoms with E-state index in [1.807, 2.05) is 6.92 Å². The number of hydrogen-bond acceptors (Lipinski definition) is 7. The number of methoxy groups -OCH3 is 1.